The summed E-state index contributed by atoms with van der Waals surface area (Å²) in [5.41, 5.74) is 2.48. The molecular formula is C19H20FN5O2. The summed E-state index contributed by atoms with van der Waals surface area (Å²) in [5, 5.41) is 12.4. The van der Waals surface area contributed by atoms with Crippen molar-refractivity contribution in [2.24, 2.45) is 5.41 Å². The molecule has 1 atom stereocenters. The van der Waals surface area contributed by atoms with Gasteiger partial charge in [-0.05, 0) is 42.5 Å². The summed E-state index contributed by atoms with van der Waals surface area (Å²) in [4.78, 5) is 23.8. The topological polar surface area (TPSA) is 95.6 Å². The van der Waals surface area contributed by atoms with Crippen molar-refractivity contribution < 1.29 is 9.18 Å². The first-order valence-electron chi connectivity index (χ1n) is 8.74. The van der Waals surface area contributed by atoms with Crippen LogP contribution in [0.3, 0.4) is 0 Å². The minimum atomic E-state index is -0.353. The number of hydrogen-bond donors (Lipinski definition) is 3. The molecule has 3 N–H and O–H groups in total. The lowest BCUT2D eigenvalue weighted by Crippen LogP contribution is -2.37. The van der Waals surface area contributed by atoms with Gasteiger partial charge < -0.3 is 5.32 Å². The number of H-pyrrole nitrogens is 2. The lowest BCUT2D eigenvalue weighted by atomic mass is 9.74. The van der Waals surface area contributed by atoms with E-state index in [0.29, 0.717) is 0 Å². The number of nitrogens with one attached hydrogen (secondary N) is 3. The zero-order valence-electron chi connectivity index (χ0n) is 15.0. The average Bonchev–Trinajstić information content (AvgIpc) is 3.21. The van der Waals surface area contributed by atoms with Crippen molar-refractivity contribution in [3.8, 4) is 5.69 Å². The van der Waals surface area contributed by atoms with Gasteiger partial charge in [0.15, 0.2) is 0 Å². The summed E-state index contributed by atoms with van der Waals surface area (Å²) in [6, 6.07) is 7.16. The second kappa shape index (κ2) is 6.22. The molecule has 0 fully saturated rings. The van der Waals surface area contributed by atoms with Crippen LogP contribution in [0.15, 0.2) is 41.3 Å². The van der Waals surface area contributed by atoms with Gasteiger partial charge in [0, 0.05) is 11.6 Å². The fourth-order valence-corrected chi connectivity index (χ4v) is 3.67. The normalized spacial score (nSPS) is 18.1. The molecule has 140 valence electrons. The first kappa shape index (κ1) is 17.3. The van der Waals surface area contributed by atoms with E-state index in [1.807, 2.05) is 0 Å². The van der Waals surface area contributed by atoms with Crippen LogP contribution in [0.1, 0.15) is 48.1 Å². The van der Waals surface area contributed by atoms with Crippen LogP contribution >= 0.6 is 0 Å². The molecule has 2 heterocycles. The molecule has 27 heavy (non-hydrogen) atoms. The first-order chi connectivity index (χ1) is 12.8. The van der Waals surface area contributed by atoms with E-state index in [0.717, 1.165) is 29.8 Å². The number of halogens is 1. The second-order valence-electron chi connectivity index (χ2n) is 7.68. The van der Waals surface area contributed by atoms with Gasteiger partial charge in [-0.25, -0.2) is 9.07 Å². The Morgan fingerprint density at radius 1 is 1.30 bits per heavy atom. The first-order valence-corrected chi connectivity index (χ1v) is 8.74. The largest absolute Gasteiger partial charge is 0.344 e. The third-order valence-electron chi connectivity index (χ3n) is 4.90. The zero-order valence-corrected chi connectivity index (χ0v) is 15.0. The van der Waals surface area contributed by atoms with Crippen LogP contribution in [0.25, 0.3) is 5.69 Å². The van der Waals surface area contributed by atoms with Crippen molar-refractivity contribution in [1.29, 1.82) is 0 Å². The second-order valence-corrected chi connectivity index (χ2v) is 7.68. The van der Waals surface area contributed by atoms with E-state index in [-0.39, 0.29) is 34.4 Å². The van der Waals surface area contributed by atoms with E-state index < -0.39 is 0 Å². The van der Waals surface area contributed by atoms with Gasteiger partial charge in [-0.2, -0.15) is 5.10 Å². The Labute approximate surface area is 154 Å². The molecule has 7 nitrogen and oxygen atoms in total. The Morgan fingerprint density at radius 3 is 2.70 bits per heavy atom. The number of rotatable bonds is 3. The number of hydrogen-bond acceptors (Lipinski definition) is 3. The summed E-state index contributed by atoms with van der Waals surface area (Å²) >= 11 is 0. The molecule has 0 radical (unpaired) electrons. The maximum absolute atomic E-state index is 13.3. The van der Waals surface area contributed by atoms with E-state index in [2.05, 4.69) is 34.5 Å². The monoisotopic (exact) mass is 369 g/mol. The number of carbonyl (C=O) groups excluding carboxylic acids is 1. The van der Waals surface area contributed by atoms with Crippen LogP contribution < -0.4 is 10.9 Å². The van der Waals surface area contributed by atoms with Crippen molar-refractivity contribution in [2.75, 3.05) is 0 Å². The quantitative estimate of drug-likeness (QED) is 0.662. The Bertz CT molecular complexity index is 1040. The molecule has 0 bridgehead atoms. The highest BCUT2D eigenvalue weighted by Gasteiger charge is 2.36. The molecule has 1 unspecified atom stereocenters. The minimum Gasteiger partial charge on any atom is -0.344 e. The minimum absolute atomic E-state index is 0.0612. The highest BCUT2D eigenvalue weighted by atomic mass is 19.1. The van der Waals surface area contributed by atoms with Crippen molar-refractivity contribution in [2.45, 2.75) is 32.7 Å². The summed E-state index contributed by atoms with van der Waals surface area (Å²) in [6.07, 6.45) is 3.28. The molecule has 0 saturated carbocycles. The van der Waals surface area contributed by atoms with Crippen LogP contribution in [0.2, 0.25) is 0 Å². The molecule has 4 rings (SSSR count). The maximum atomic E-state index is 13.3. The van der Waals surface area contributed by atoms with Gasteiger partial charge in [0.05, 0.1) is 23.6 Å². The highest BCUT2D eigenvalue weighted by molar-refractivity contribution is 5.92. The molecule has 2 aromatic heterocycles. The third-order valence-corrected chi connectivity index (χ3v) is 4.90. The average molecular weight is 369 g/mol. The van der Waals surface area contributed by atoms with Crippen LogP contribution in [0.5, 0.6) is 0 Å². The fourth-order valence-electron chi connectivity index (χ4n) is 3.67. The van der Waals surface area contributed by atoms with Gasteiger partial charge >= 0.3 is 0 Å². The van der Waals surface area contributed by atoms with Gasteiger partial charge in [-0.1, -0.05) is 13.8 Å². The summed E-state index contributed by atoms with van der Waals surface area (Å²) in [6.45, 7) is 4.27. The van der Waals surface area contributed by atoms with Crippen molar-refractivity contribution in [3.63, 3.8) is 0 Å². The lowest BCUT2D eigenvalue weighted by molar-refractivity contribution is 0.0914. The SMILES string of the molecule is CC1(C)Cc2c(cnn2-c2ccc(F)cc2)C(NC(=O)c2cc(=O)[nH][nH]2)C1. The van der Waals surface area contributed by atoms with Crippen molar-refractivity contribution in [3.05, 3.63) is 69.7 Å². The zero-order chi connectivity index (χ0) is 19.2. The molecule has 0 spiro atoms. The van der Waals surface area contributed by atoms with Crippen molar-refractivity contribution >= 4 is 5.91 Å². The predicted octanol–water partition coefficient (Wildman–Crippen LogP) is 2.47. The number of carbonyl (C=O) groups is 1. The molecule has 8 heteroatoms. The summed E-state index contributed by atoms with van der Waals surface area (Å²) in [7, 11) is 0. The molecule has 0 aliphatic heterocycles. The maximum Gasteiger partial charge on any atom is 0.269 e. The smallest absolute Gasteiger partial charge is 0.269 e. The third kappa shape index (κ3) is 3.30. The number of aromatic amines is 2. The van der Waals surface area contributed by atoms with Crippen molar-refractivity contribution in [1.82, 2.24) is 25.3 Å². The van der Waals surface area contributed by atoms with Gasteiger partial charge in [-0.15, -0.1) is 0 Å². The van der Waals surface area contributed by atoms with Crippen LogP contribution in [0, 0.1) is 11.2 Å². The summed E-state index contributed by atoms with van der Waals surface area (Å²) in [5.74, 6) is -0.651. The number of nitrogens with zero attached hydrogens (tertiary/aromatic N) is 2. The molecule has 1 amide bonds. The predicted molar refractivity (Wildman–Crippen MR) is 97.2 cm³/mol. The lowest BCUT2D eigenvalue weighted by Gasteiger charge is -2.35. The Hall–Kier alpha value is -3.16. The fraction of sp³-hybridized carbons (Fsp3) is 0.316. The van der Waals surface area contributed by atoms with E-state index in [1.54, 1.807) is 23.0 Å². The van der Waals surface area contributed by atoms with Gasteiger partial charge in [0.1, 0.15) is 11.5 Å². The van der Waals surface area contributed by atoms with E-state index in [4.69, 9.17) is 0 Å². The molecule has 1 aliphatic rings. The number of benzene rings is 1. The van der Waals surface area contributed by atoms with Crippen LogP contribution in [-0.4, -0.2) is 25.9 Å². The highest BCUT2D eigenvalue weighted by Crippen LogP contribution is 2.41. The molecule has 1 aliphatic carbocycles. The molecule has 0 saturated heterocycles. The van der Waals surface area contributed by atoms with Crippen LogP contribution in [-0.2, 0) is 6.42 Å². The van der Waals surface area contributed by atoms with Gasteiger partial charge in [0.25, 0.3) is 11.5 Å². The molecule has 1 aromatic carbocycles. The van der Waals surface area contributed by atoms with Crippen LogP contribution in [0.4, 0.5) is 4.39 Å². The van der Waals surface area contributed by atoms with E-state index >= 15 is 0 Å². The standard InChI is InChI=1S/C19H20FN5O2/c1-19(2)8-15(22-18(27)14-7-17(26)24-23-14)13-10-21-25(16(13)9-19)12-5-3-11(20)4-6-12/h3-7,10,15H,8-9H2,1-2H3,(H,22,27)(H2,23,24,26). The van der Waals surface area contributed by atoms with E-state index in [1.165, 1.54) is 18.2 Å². The Kier molecular flexibility index (Phi) is 3.98. The number of aromatic nitrogens is 4. The number of fused-ring (bicyclic) bond motifs is 1. The Balaban J connectivity index is 1.69. The van der Waals surface area contributed by atoms with Gasteiger partial charge in [0.2, 0.25) is 0 Å². The Morgan fingerprint density at radius 2 is 2.04 bits per heavy atom. The number of amides is 1. The molecular weight excluding hydrogens is 349 g/mol. The molecule has 3 aromatic rings. The van der Waals surface area contributed by atoms with E-state index in [9.17, 15) is 14.0 Å². The summed E-state index contributed by atoms with van der Waals surface area (Å²) < 4.78 is 15.1. The van der Waals surface area contributed by atoms with Gasteiger partial charge in [-0.3, -0.25) is 19.8 Å².